The number of nitrogens with one attached hydrogen (secondary N) is 1. The van der Waals surface area contributed by atoms with Gasteiger partial charge in [0, 0.05) is 25.2 Å². The molecule has 0 unspecified atom stereocenters. The number of piperidine rings is 1. The van der Waals surface area contributed by atoms with Gasteiger partial charge in [-0.15, -0.1) is 0 Å². The summed E-state index contributed by atoms with van der Waals surface area (Å²) in [6, 6.07) is 10.3. The highest BCUT2D eigenvalue weighted by atomic mass is 15.2. The third-order valence-corrected chi connectivity index (χ3v) is 4.40. The zero-order valence-electron chi connectivity index (χ0n) is 14.1. The fourth-order valence-electron chi connectivity index (χ4n) is 3.01. The third-order valence-electron chi connectivity index (χ3n) is 4.40. The Labute approximate surface area is 130 Å². The van der Waals surface area contributed by atoms with Crippen molar-refractivity contribution in [2.24, 2.45) is 0 Å². The molecule has 0 spiro atoms. The first-order valence-electron chi connectivity index (χ1n) is 8.24. The molecule has 1 aromatic carbocycles. The van der Waals surface area contributed by atoms with Gasteiger partial charge in [-0.3, -0.25) is 4.90 Å². The number of benzene rings is 1. The summed E-state index contributed by atoms with van der Waals surface area (Å²) in [4.78, 5) is 4.96. The molecule has 3 heteroatoms. The quantitative estimate of drug-likeness (QED) is 0.869. The Bertz CT molecular complexity index is 420. The molecule has 1 N–H and O–H groups in total. The monoisotopic (exact) mass is 289 g/mol. The van der Waals surface area contributed by atoms with E-state index in [1.807, 2.05) is 0 Å². The lowest BCUT2D eigenvalue weighted by Gasteiger charge is -2.35. The van der Waals surface area contributed by atoms with Crippen LogP contribution in [0, 0.1) is 0 Å². The van der Waals surface area contributed by atoms with Crippen molar-refractivity contribution in [2.45, 2.75) is 51.9 Å². The molecule has 0 saturated carbocycles. The molecule has 0 radical (unpaired) electrons. The van der Waals surface area contributed by atoms with Gasteiger partial charge >= 0.3 is 0 Å². The summed E-state index contributed by atoms with van der Waals surface area (Å²) in [5.74, 6) is 0. The Morgan fingerprint density at radius 1 is 1.19 bits per heavy atom. The minimum atomic E-state index is 0.540. The fourth-order valence-corrected chi connectivity index (χ4v) is 3.01. The number of rotatable bonds is 6. The van der Waals surface area contributed by atoms with Crippen molar-refractivity contribution in [3.63, 3.8) is 0 Å². The first kappa shape index (κ1) is 16.5. The van der Waals surface area contributed by atoms with Gasteiger partial charge in [-0.05, 0) is 51.2 Å². The van der Waals surface area contributed by atoms with Gasteiger partial charge in [-0.2, -0.15) is 0 Å². The van der Waals surface area contributed by atoms with Gasteiger partial charge < -0.3 is 10.2 Å². The molecule has 0 bridgehead atoms. The van der Waals surface area contributed by atoms with Gasteiger partial charge in [0.2, 0.25) is 0 Å². The molecule has 3 nitrogen and oxygen atoms in total. The Hall–Kier alpha value is -0.900. The standard InChI is InChI=1S/C18H31N3/c1-15(2)19-13-16-6-5-7-17(12-16)14-21-10-8-18(9-11-21)20(3)4/h5-7,12,15,18-19H,8-11,13-14H2,1-4H3. The summed E-state index contributed by atoms with van der Waals surface area (Å²) in [6.07, 6.45) is 2.59. The lowest BCUT2D eigenvalue weighted by molar-refractivity contribution is 0.140. The van der Waals surface area contributed by atoms with Crippen molar-refractivity contribution in [3.8, 4) is 0 Å². The Kier molecular flexibility index (Phi) is 6.22. The number of likely N-dealkylation sites (tertiary alicyclic amines) is 1. The van der Waals surface area contributed by atoms with Gasteiger partial charge in [-0.1, -0.05) is 38.1 Å². The highest BCUT2D eigenvalue weighted by Gasteiger charge is 2.20. The van der Waals surface area contributed by atoms with E-state index >= 15 is 0 Å². The van der Waals surface area contributed by atoms with Gasteiger partial charge in [0.1, 0.15) is 0 Å². The van der Waals surface area contributed by atoms with E-state index in [0.717, 1.165) is 19.1 Å². The predicted octanol–water partition coefficient (Wildman–Crippen LogP) is 2.71. The van der Waals surface area contributed by atoms with Crippen LogP contribution in [0.5, 0.6) is 0 Å². The van der Waals surface area contributed by atoms with Gasteiger partial charge in [0.25, 0.3) is 0 Å². The van der Waals surface area contributed by atoms with Crippen LogP contribution in [0.15, 0.2) is 24.3 Å². The third kappa shape index (κ3) is 5.42. The van der Waals surface area contributed by atoms with Crippen molar-refractivity contribution < 1.29 is 0 Å². The lowest BCUT2D eigenvalue weighted by Crippen LogP contribution is -2.41. The zero-order valence-corrected chi connectivity index (χ0v) is 14.1. The van der Waals surface area contributed by atoms with Crippen molar-refractivity contribution in [3.05, 3.63) is 35.4 Å². The molecule has 2 rings (SSSR count). The minimum Gasteiger partial charge on any atom is -0.310 e. The van der Waals surface area contributed by atoms with Gasteiger partial charge in [0.05, 0.1) is 0 Å². The molecule has 1 saturated heterocycles. The van der Waals surface area contributed by atoms with Crippen LogP contribution in [-0.4, -0.2) is 49.1 Å². The average molecular weight is 289 g/mol. The van der Waals surface area contributed by atoms with E-state index in [9.17, 15) is 0 Å². The van der Waals surface area contributed by atoms with E-state index in [2.05, 4.69) is 67.3 Å². The molecule has 0 aromatic heterocycles. The van der Waals surface area contributed by atoms with Crippen molar-refractivity contribution >= 4 is 0 Å². The maximum absolute atomic E-state index is 3.49. The SMILES string of the molecule is CC(C)NCc1cccc(CN2CCC(N(C)C)CC2)c1. The highest BCUT2D eigenvalue weighted by molar-refractivity contribution is 5.23. The Morgan fingerprint density at radius 2 is 1.86 bits per heavy atom. The molecular formula is C18H31N3. The molecule has 118 valence electrons. The van der Waals surface area contributed by atoms with Gasteiger partial charge in [0.15, 0.2) is 0 Å². The molecule has 21 heavy (non-hydrogen) atoms. The summed E-state index contributed by atoms with van der Waals surface area (Å²) in [6.45, 7) is 8.88. The van der Waals surface area contributed by atoms with Crippen LogP contribution in [0.2, 0.25) is 0 Å². The zero-order chi connectivity index (χ0) is 15.2. The van der Waals surface area contributed by atoms with Crippen molar-refractivity contribution in [2.75, 3.05) is 27.2 Å². The van der Waals surface area contributed by atoms with E-state index < -0.39 is 0 Å². The summed E-state index contributed by atoms with van der Waals surface area (Å²) >= 11 is 0. The summed E-state index contributed by atoms with van der Waals surface area (Å²) in [7, 11) is 4.40. The first-order valence-corrected chi connectivity index (χ1v) is 8.24. The second-order valence-corrected chi connectivity index (χ2v) is 6.83. The molecule has 1 heterocycles. The number of nitrogens with zero attached hydrogens (tertiary/aromatic N) is 2. The van der Waals surface area contributed by atoms with E-state index in [0.29, 0.717) is 6.04 Å². The molecule has 0 amide bonds. The van der Waals surface area contributed by atoms with Crippen molar-refractivity contribution in [1.82, 2.24) is 15.1 Å². The number of hydrogen-bond donors (Lipinski definition) is 1. The second kappa shape index (κ2) is 7.92. The maximum Gasteiger partial charge on any atom is 0.0233 e. The van der Waals surface area contributed by atoms with Crippen LogP contribution in [0.1, 0.15) is 37.8 Å². The largest absolute Gasteiger partial charge is 0.310 e. The van der Waals surface area contributed by atoms with Crippen LogP contribution in [-0.2, 0) is 13.1 Å². The molecule has 1 aromatic rings. The normalized spacial score (nSPS) is 17.8. The van der Waals surface area contributed by atoms with Gasteiger partial charge in [-0.25, -0.2) is 0 Å². The molecule has 0 atom stereocenters. The van der Waals surface area contributed by atoms with Crippen LogP contribution in [0.25, 0.3) is 0 Å². The molecule has 0 aliphatic carbocycles. The van der Waals surface area contributed by atoms with Crippen LogP contribution in [0.4, 0.5) is 0 Å². The topological polar surface area (TPSA) is 18.5 Å². The Morgan fingerprint density at radius 3 is 2.48 bits per heavy atom. The Balaban J connectivity index is 1.84. The summed E-state index contributed by atoms with van der Waals surface area (Å²) in [5.41, 5.74) is 2.84. The fraction of sp³-hybridized carbons (Fsp3) is 0.667. The average Bonchev–Trinajstić information content (AvgIpc) is 2.46. The van der Waals surface area contributed by atoms with E-state index in [1.165, 1.54) is 37.1 Å². The summed E-state index contributed by atoms with van der Waals surface area (Å²) < 4.78 is 0. The number of hydrogen-bond acceptors (Lipinski definition) is 3. The lowest BCUT2D eigenvalue weighted by atomic mass is 10.0. The smallest absolute Gasteiger partial charge is 0.0233 e. The molecule has 1 aliphatic heterocycles. The van der Waals surface area contributed by atoms with Crippen LogP contribution < -0.4 is 5.32 Å². The summed E-state index contributed by atoms with van der Waals surface area (Å²) in [5, 5.41) is 3.49. The van der Waals surface area contributed by atoms with E-state index in [4.69, 9.17) is 0 Å². The highest BCUT2D eigenvalue weighted by Crippen LogP contribution is 2.17. The minimum absolute atomic E-state index is 0.540. The molecular weight excluding hydrogens is 258 g/mol. The van der Waals surface area contributed by atoms with Crippen LogP contribution in [0.3, 0.4) is 0 Å². The van der Waals surface area contributed by atoms with Crippen molar-refractivity contribution in [1.29, 1.82) is 0 Å². The van der Waals surface area contributed by atoms with E-state index in [-0.39, 0.29) is 0 Å². The first-order chi connectivity index (χ1) is 10.0. The maximum atomic E-state index is 3.49. The van der Waals surface area contributed by atoms with E-state index in [1.54, 1.807) is 0 Å². The second-order valence-electron chi connectivity index (χ2n) is 6.83. The molecule has 1 aliphatic rings. The molecule has 1 fully saturated rings. The predicted molar refractivity (Wildman–Crippen MR) is 90.4 cm³/mol. The van der Waals surface area contributed by atoms with Crippen LogP contribution >= 0.6 is 0 Å².